The molecule has 0 saturated carbocycles. The Morgan fingerprint density at radius 1 is 1.38 bits per heavy atom. The van der Waals surface area contributed by atoms with Gasteiger partial charge >= 0.3 is 0 Å². The summed E-state index contributed by atoms with van der Waals surface area (Å²) < 4.78 is 23.2. The fourth-order valence-electron chi connectivity index (χ4n) is 3.25. The van der Waals surface area contributed by atoms with Gasteiger partial charge in [0.25, 0.3) is 0 Å². The number of sulfone groups is 1. The summed E-state index contributed by atoms with van der Waals surface area (Å²) >= 11 is 1.78. The molecule has 0 radical (unpaired) electrons. The lowest BCUT2D eigenvalue weighted by molar-refractivity contribution is 0.372. The van der Waals surface area contributed by atoms with Crippen molar-refractivity contribution in [1.82, 2.24) is 10.2 Å². The number of aliphatic imine (C=N–C) groups is 1. The van der Waals surface area contributed by atoms with Crippen molar-refractivity contribution in [2.24, 2.45) is 10.9 Å². The number of rotatable bonds is 4. The molecule has 8 heteroatoms. The quantitative estimate of drug-likeness (QED) is 0.639. The molecule has 2 saturated heterocycles. The average molecular weight is 371 g/mol. The predicted molar refractivity (Wildman–Crippen MR) is 101 cm³/mol. The first-order valence-electron chi connectivity index (χ1n) is 8.59. The average Bonchev–Trinajstić information content (AvgIpc) is 3.21. The normalized spacial score (nSPS) is 24.4. The van der Waals surface area contributed by atoms with Crippen molar-refractivity contribution in [3.8, 4) is 0 Å². The highest BCUT2D eigenvalue weighted by molar-refractivity contribution is 7.91. The van der Waals surface area contributed by atoms with Gasteiger partial charge in [-0.15, -0.1) is 11.3 Å². The molecule has 0 spiro atoms. The van der Waals surface area contributed by atoms with Gasteiger partial charge in [-0.25, -0.2) is 8.42 Å². The van der Waals surface area contributed by atoms with Crippen LogP contribution in [0.4, 0.5) is 5.00 Å². The van der Waals surface area contributed by atoms with Crippen LogP contribution in [0.25, 0.3) is 0 Å². The second-order valence-electron chi connectivity index (χ2n) is 6.39. The van der Waals surface area contributed by atoms with Crippen LogP contribution < -0.4 is 10.2 Å². The van der Waals surface area contributed by atoms with Gasteiger partial charge in [0.05, 0.1) is 16.5 Å². The fraction of sp³-hybridized carbons (Fsp3) is 0.688. The third-order valence-corrected chi connectivity index (χ3v) is 7.32. The van der Waals surface area contributed by atoms with Gasteiger partial charge in [-0.05, 0) is 36.8 Å². The predicted octanol–water partition coefficient (Wildman–Crippen LogP) is 1.27. The van der Waals surface area contributed by atoms with E-state index in [1.54, 1.807) is 11.3 Å². The van der Waals surface area contributed by atoms with Crippen LogP contribution in [0.5, 0.6) is 0 Å². The number of anilines is 1. The Hall–Kier alpha value is -1.28. The molecular weight excluding hydrogens is 344 g/mol. The van der Waals surface area contributed by atoms with Crippen molar-refractivity contribution in [3.05, 3.63) is 17.5 Å². The molecule has 1 atom stereocenters. The van der Waals surface area contributed by atoms with Crippen molar-refractivity contribution in [2.45, 2.75) is 13.3 Å². The van der Waals surface area contributed by atoms with Crippen LogP contribution >= 0.6 is 11.3 Å². The maximum absolute atomic E-state index is 11.6. The first kappa shape index (κ1) is 17.5. The lowest BCUT2D eigenvalue weighted by atomic mass is 10.1. The molecule has 0 bridgehead atoms. The summed E-state index contributed by atoms with van der Waals surface area (Å²) in [5.74, 6) is 1.72. The highest BCUT2D eigenvalue weighted by atomic mass is 32.2. The maximum atomic E-state index is 11.6. The van der Waals surface area contributed by atoms with E-state index < -0.39 is 9.84 Å². The third-order valence-electron chi connectivity index (χ3n) is 4.56. The minimum absolute atomic E-state index is 0.177. The van der Waals surface area contributed by atoms with Crippen LogP contribution in [-0.4, -0.2) is 70.1 Å². The van der Waals surface area contributed by atoms with Crippen LogP contribution in [0.1, 0.15) is 13.3 Å². The molecule has 24 heavy (non-hydrogen) atoms. The smallest absolute Gasteiger partial charge is 0.194 e. The second-order valence-corrected chi connectivity index (χ2v) is 9.54. The molecular formula is C16H26N4O2S2. The van der Waals surface area contributed by atoms with Crippen molar-refractivity contribution in [3.63, 3.8) is 0 Å². The number of guanidine groups is 1. The third kappa shape index (κ3) is 4.42. The van der Waals surface area contributed by atoms with Crippen LogP contribution in [0.2, 0.25) is 0 Å². The molecule has 0 aliphatic carbocycles. The lowest BCUT2D eigenvalue weighted by Gasteiger charge is -2.37. The summed E-state index contributed by atoms with van der Waals surface area (Å²) in [6.45, 7) is 7.35. The van der Waals surface area contributed by atoms with Crippen LogP contribution in [0.15, 0.2) is 22.5 Å². The highest BCUT2D eigenvalue weighted by Gasteiger charge is 2.28. The number of thiophene rings is 1. The second kappa shape index (κ2) is 7.74. The van der Waals surface area contributed by atoms with Crippen LogP contribution in [0, 0.1) is 5.92 Å². The van der Waals surface area contributed by atoms with E-state index >= 15 is 0 Å². The zero-order valence-electron chi connectivity index (χ0n) is 14.1. The lowest BCUT2D eigenvalue weighted by Crippen LogP contribution is -2.52. The Bertz CT molecular complexity index is 650. The number of hydrogen-bond donors (Lipinski definition) is 1. The molecule has 2 aliphatic heterocycles. The van der Waals surface area contributed by atoms with E-state index in [1.165, 1.54) is 5.00 Å². The van der Waals surface area contributed by atoms with Gasteiger partial charge in [-0.1, -0.05) is 0 Å². The van der Waals surface area contributed by atoms with Gasteiger partial charge < -0.3 is 15.1 Å². The van der Waals surface area contributed by atoms with Gasteiger partial charge in [0.15, 0.2) is 15.8 Å². The summed E-state index contributed by atoms with van der Waals surface area (Å²) in [5, 5.41) is 6.80. The van der Waals surface area contributed by atoms with Gasteiger partial charge in [0, 0.05) is 39.3 Å². The van der Waals surface area contributed by atoms with Gasteiger partial charge in [-0.2, -0.15) is 0 Å². The van der Waals surface area contributed by atoms with Gasteiger partial charge in [0.2, 0.25) is 0 Å². The van der Waals surface area contributed by atoms with Gasteiger partial charge in [0.1, 0.15) is 0 Å². The maximum Gasteiger partial charge on any atom is 0.194 e. The minimum Gasteiger partial charge on any atom is -0.360 e. The summed E-state index contributed by atoms with van der Waals surface area (Å²) in [4.78, 5) is 9.42. The SMILES string of the molecule is CCNC(=NCC1CCS(=O)(=O)C1)N1CCN(c2cccs2)CC1. The van der Waals surface area contributed by atoms with E-state index in [9.17, 15) is 8.42 Å². The molecule has 6 nitrogen and oxygen atoms in total. The zero-order valence-corrected chi connectivity index (χ0v) is 15.8. The number of nitrogens with one attached hydrogen (secondary N) is 1. The Morgan fingerprint density at radius 2 is 2.17 bits per heavy atom. The molecule has 1 N–H and O–H groups in total. The van der Waals surface area contributed by atoms with E-state index in [0.29, 0.717) is 18.1 Å². The largest absolute Gasteiger partial charge is 0.360 e. The minimum atomic E-state index is -2.82. The molecule has 3 rings (SSSR count). The van der Waals surface area contributed by atoms with Crippen molar-refractivity contribution >= 4 is 32.1 Å². The van der Waals surface area contributed by atoms with E-state index in [2.05, 4.69) is 39.6 Å². The molecule has 2 fully saturated rings. The topological polar surface area (TPSA) is 65.0 Å². The van der Waals surface area contributed by atoms with E-state index in [1.807, 2.05) is 0 Å². The first-order chi connectivity index (χ1) is 11.6. The Kier molecular flexibility index (Phi) is 5.65. The van der Waals surface area contributed by atoms with E-state index in [-0.39, 0.29) is 5.92 Å². The molecule has 134 valence electrons. The first-order valence-corrected chi connectivity index (χ1v) is 11.3. The van der Waals surface area contributed by atoms with Crippen molar-refractivity contribution in [1.29, 1.82) is 0 Å². The molecule has 3 heterocycles. The van der Waals surface area contributed by atoms with E-state index in [4.69, 9.17) is 4.99 Å². The fourth-order valence-corrected chi connectivity index (χ4v) is 5.88. The summed E-state index contributed by atoms with van der Waals surface area (Å²) in [7, 11) is -2.82. The molecule has 1 unspecified atom stereocenters. The van der Waals surface area contributed by atoms with Gasteiger partial charge in [-0.3, -0.25) is 4.99 Å². The monoisotopic (exact) mass is 370 g/mol. The van der Waals surface area contributed by atoms with E-state index in [0.717, 1.165) is 45.1 Å². The van der Waals surface area contributed by atoms with Crippen LogP contribution in [-0.2, 0) is 9.84 Å². The molecule has 1 aromatic heterocycles. The standard InChI is InChI=1S/C16H26N4O2S2/c1-2-17-16(18-12-14-5-11-24(21,22)13-14)20-8-6-19(7-9-20)15-4-3-10-23-15/h3-4,10,14H,2,5-9,11-13H2,1H3,(H,17,18). The molecule has 1 aromatic rings. The Morgan fingerprint density at radius 3 is 2.75 bits per heavy atom. The summed E-state index contributed by atoms with van der Waals surface area (Å²) in [6.07, 6.45) is 0.747. The van der Waals surface area contributed by atoms with Crippen molar-refractivity contribution < 1.29 is 8.42 Å². The zero-order chi connectivity index (χ0) is 17.0. The van der Waals surface area contributed by atoms with Crippen LogP contribution in [0.3, 0.4) is 0 Å². The molecule has 0 aromatic carbocycles. The molecule has 0 amide bonds. The Balaban J connectivity index is 1.56. The Labute approximate surface area is 148 Å². The number of nitrogens with zero attached hydrogens (tertiary/aromatic N) is 3. The number of piperazine rings is 1. The van der Waals surface area contributed by atoms with Crippen molar-refractivity contribution in [2.75, 3.05) is 55.7 Å². The number of hydrogen-bond acceptors (Lipinski definition) is 5. The summed E-state index contributed by atoms with van der Waals surface area (Å²) in [6, 6.07) is 4.26. The summed E-state index contributed by atoms with van der Waals surface area (Å²) in [5.41, 5.74) is 0. The molecule has 2 aliphatic rings. The highest BCUT2D eigenvalue weighted by Crippen LogP contribution is 2.22.